The molecule has 4 aliphatic rings. The van der Waals surface area contributed by atoms with Gasteiger partial charge in [0.05, 0.1) is 6.26 Å². The van der Waals surface area contributed by atoms with E-state index in [1.807, 2.05) is 0 Å². The Morgan fingerprint density at radius 2 is 1.20 bits per heavy atom. The van der Waals surface area contributed by atoms with Crippen molar-refractivity contribution < 1.29 is 26.0 Å². The lowest BCUT2D eigenvalue weighted by atomic mass is 9.76. The van der Waals surface area contributed by atoms with Crippen LogP contribution in [-0.2, 0) is 25.0 Å². The third kappa shape index (κ3) is 16.8. The number of sulfonamides is 1. The Labute approximate surface area is 283 Å². The van der Waals surface area contributed by atoms with Gasteiger partial charge in [0.25, 0.3) is 10.2 Å². The zero-order chi connectivity index (χ0) is 35.3. The summed E-state index contributed by atoms with van der Waals surface area (Å²) in [4.78, 5) is 0. The monoisotopic (exact) mass is 698 g/mol. The minimum atomic E-state index is -3.44. The van der Waals surface area contributed by atoms with Gasteiger partial charge in [-0.05, 0) is 98.3 Å². The predicted molar refractivity (Wildman–Crippen MR) is 190 cm³/mol. The van der Waals surface area contributed by atoms with Gasteiger partial charge in [-0.1, -0.05) is 62.3 Å². The molecule has 9 nitrogen and oxygen atoms in total. The standard InChI is InChI=1S/C10H21NO2S.C8H16FN.C8H18N2O2S.C8H16O/c1-10(2,3)9-5-7-11(8-6-9)14(4,12)13;1-6(2)7-3-4-10-5-8(7)9;1-7(2)8-3-5-10(6-4-8)13(9,11)12;1-7(2)8-3-5-9-6-4-8/h9H,5-8H2,1-4H3;6-8,10H,3-5H2,1-2H3;7-8H,3-6H2,1-2H3,(H2,9,11,12);7-8H,3-6H2,1-2H3. The maximum Gasteiger partial charge on any atom is 0.276 e. The molecule has 0 radical (unpaired) electrons. The van der Waals surface area contributed by atoms with Crippen LogP contribution in [0.3, 0.4) is 0 Å². The third-order valence-corrected chi connectivity index (χ3v) is 12.9. The fraction of sp³-hybridized carbons (Fsp3) is 1.00. The van der Waals surface area contributed by atoms with Gasteiger partial charge in [0.1, 0.15) is 6.17 Å². The summed E-state index contributed by atoms with van der Waals surface area (Å²) in [5.74, 6) is 4.52. The quantitative estimate of drug-likeness (QED) is 0.368. The van der Waals surface area contributed by atoms with E-state index in [4.69, 9.17) is 9.88 Å². The van der Waals surface area contributed by atoms with Gasteiger partial charge in [-0.2, -0.15) is 12.7 Å². The molecule has 276 valence electrons. The van der Waals surface area contributed by atoms with Crippen LogP contribution in [0.5, 0.6) is 0 Å². The Hall–Kier alpha value is -0.370. The van der Waals surface area contributed by atoms with Crippen LogP contribution in [-0.4, -0.2) is 90.4 Å². The minimum absolute atomic E-state index is 0.293. The molecule has 4 fully saturated rings. The van der Waals surface area contributed by atoms with Gasteiger partial charge in [0, 0.05) is 45.9 Å². The Morgan fingerprint density at radius 1 is 0.739 bits per heavy atom. The molecule has 0 bridgehead atoms. The lowest BCUT2D eigenvalue weighted by Crippen LogP contribution is -2.42. The van der Waals surface area contributed by atoms with E-state index < -0.39 is 26.4 Å². The summed E-state index contributed by atoms with van der Waals surface area (Å²) in [6.07, 6.45) is 8.10. The van der Waals surface area contributed by atoms with Gasteiger partial charge in [0.15, 0.2) is 0 Å². The van der Waals surface area contributed by atoms with E-state index in [-0.39, 0.29) is 0 Å². The van der Waals surface area contributed by atoms with Crippen LogP contribution in [0.4, 0.5) is 4.39 Å². The molecule has 4 heterocycles. The van der Waals surface area contributed by atoms with Gasteiger partial charge in [0.2, 0.25) is 10.0 Å². The topological polar surface area (TPSA) is 122 Å². The molecule has 4 saturated heterocycles. The number of hydrogen-bond acceptors (Lipinski definition) is 6. The first-order valence-corrected chi connectivity index (χ1v) is 21.1. The average Bonchev–Trinajstić information content (AvgIpc) is 2.97. The van der Waals surface area contributed by atoms with E-state index in [0.29, 0.717) is 67.7 Å². The zero-order valence-electron chi connectivity index (χ0n) is 30.9. The molecule has 2 unspecified atom stereocenters. The van der Waals surface area contributed by atoms with E-state index in [9.17, 15) is 21.2 Å². The van der Waals surface area contributed by atoms with Crippen molar-refractivity contribution in [2.75, 3.05) is 58.7 Å². The van der Waals surface area contributed by atoms with Gasteiger partial charge >= 0.3 is 0 Å². The number of halogens is 1. The van der Waals surface area contributed by atoms with E-state index >= 15 is 0 Å². The molecule has 4 aliphatic heterocycles. The summed E-state index contributed by atoms with van der Waals surface area (Å²) in [5, 5.41) is 8.07. The normalized spacial score (nSPS) is 25.3. The smallest absolute Gasteiger partial charge is 0.276 e. The SMILES string of the molecule is CC(C)(C)C1CCN(S(C)(=O)=O)CC1.CC(C)C1CCN(S(N)(=O)=O)CC1.CC(C)C1CCNCC1F.CC(C)C1CCOCC1. The highest BCUT2D eigenvalue weighted by molar-refractivity contribution is 7.88. The summed E-state index contributed by atoms with van der Waals surface area (Å²) in [6.45, 7) is 25.9. The molecule has 0 aliphatic carbocycles. The van der Waals surface area contributed by atoms with Crippen LogP contribution >= 0.6 is 0 Å². The second-order valence-corrected chi connectivity index (χ2v) is 19.5. The van der Waals surface area contributed by atoms with Crippen molar-refractivity contribution >= 4 is 20.2 Å². The lowest BCUT2D eigenvalue weighted by Gasteiger charge is -2.37. The van der Waals surface area contributed by atoms with Crippen molar-refractivity contribution in [2.45, 2.75) is 113 Å². The molecule has 0 spiro atoms. The van der Waals surface area contributed by atoms with Gasteiger partial charge < -0.3 is 10.1 Å². The number of hydrogen-bond donors (Lipinski definition) is 2. The van der Waals surface area contributed by atoms with E-state index in [2.05, 4.69) is 67.6 Å². The van der Waals surface area contributed by atoms with Crippen LogP contribution in [0.15, 0.2) is 0 Å². The van der Waals surface area contributed by atoms with Gasteiger partial charge in [-0.25, -0.2) is 22.3 Å². The van der Waals surface area contributed by atoms with Crippen LogP contribution in [0.25, 0.3) is 0 Å². The number of rotatable bonds is 5. The Bertz CT molecular complexity index is 1030. The molecule has 0 aromatic heterocycles. The van der Waals surface area contributed by atoms with Crippen LogP contribution in [0.2, 0.25) is 0 Å². The van der Waals surface area contributed by atoms with Gasteiger partial charge in [-0.3, -0.25) is 0 Å². The third-order valence-electron chi connectivity index (χ3n) is 10.5. The Morgan fingerprint density at radius 3 is 1.52 bits per heavy atom. The molecular formula is C34H71FN4O5S2. The lowest BCUT2D eigenvalue weighted by molar-refractivity contribution is 0.0523. The summed E-state index contributed by atoms with van der Waals surface area (Å²) in [5.41, 5.74) is 0.309. The number of nitrogens with zero attached hydrogens (tertiary/aromatic N) is 2. The maximum atomic E-state index is 13.0. The molecule has 12 heteroatoms. The number of alkyl halides is 1. The van der Waals surface area contributed by atoms with E-state index in [0.717, 1.165) is 63.7 Å². The molecule has 0 aromatic carbocycles. The highest BCUT2D eigenvalue weighted by Crippen LogP contribution is 2.34. The van der Waals surface area contributed by atoms with E-state index in [1.54, 1.807) is 4.31 Å². The van der Waals surface area contributed by atoms with Crippen molar-refractivity contribution in [3.63, 3.8) is 0 Å². The Balaban J connectivity index is 0.000000311. The highest BCUT2D eigenvalue weighted by atomic mass is 32.2. The number of piperidine rings is 3. The number of nitrogens with two attached hydrogens (primary N) is 1. The fourth-order valence-electron chi connectivity index (χ4n) is 6.82. The van der Waals surface area contributed by atoms with Crippen LogP contribution < -0.4 is 10.5 Å². The highest BCUT2D eigenvalue weighted by Gasteiger charge is 2.31. The first kappa shape index (κ1) is 43.7. The average molecular weight is 699 g/mol. The van der Waals surface area contributed by atoms with Crippen molar-refractivity contribution in [3.8, 4) is 0 Å². The molecule has 3 N–H and O–H groups in total. The number of ether oxygens (including phenoxy) is 1. The fourth-order valence-corrected chi connectivity index (χ4v) is 8.42. The first-order valence-electron chi connectivity index (χ1n) is 17.8. The summed E-state index contributed by atoms with van der Waals surface area (Å²) in [6, 6.07) is 0. The Kier molecular flexibility index (Phi) is 19.3. The number of nitrogens with one attached hydrogen (secondary N) is 1. The van der Waals surface area contributed by atoms with Crippen molar-refractivity contribution in [1.29, 1.82) is 0 Å². The summed E-state index contributed by atoms with van der Waals surface area (Å²) < 4.78 is 65.7. The second kappa shape index (κ2) is 20.3. The van der Waals surface area contributed by atoms with Crippen molar-refractivity contribution in [3.05, 3.63) is 0 Å². The molecule has 0 saturated carbocycles. The summed E-state index contributed by atoms with van der Waals surface area (Å²) in [7, 11) is -6.40. The van der Waals surface area contributed by atoms with Crippen LogP contribution in [0, 0.1) is 46.8 Å². The molecule has 46 heavy (non-hydrogen) atoms. The second-order valence-electron chi connectivity index (χ2n) is 15.9. The van der Waals surface area contributed by atoms with Crippen LogP contribution in [0.1, 0.15) is 107 Å². The maximum absolute atomic E-state index is 13.0. The largest absolute Gasteiger partial charge is 0.381 e. The van der Waals surface area contributed by atoms with Crippen molar-refractivity contribution in [2.24, 2.45) is 52.0 Å². The van der Waals surface area contributed by atoms with Crippen molar-refractivity contribution in [1.82, 2.24) is 13.9 Å². The predicted octanol–water partition coefficient (Wildman–Crippen LogP) is 5.92. The molecule has 0 amide bonds. The zero-order valence-corrected chi connectivity index (χ0v) is 32.6. The summed E-state index contributed by atoms with van der Waals surface area (Å²) >= 11 is 0. The molecular weight excluding hydrogens is 628 g/mol. The van der Waals surface area contributed by atoms with Gasteiger partial charge in [-0.15, -0.1) is 0 Å². The molecule has 4 rings (SSSR count). The molecule has 0 aromatic rings. The first-order chi connectivity index (χ1) is 21.1. The minimum Gasteiger partial charge on any atom is -0.381 e. The molecule has 2 atom stereocenters. The van der Waals surface area contributed by atoms with E-state index in [1.165, 1.54) is 23.4 Å².